The van der Waals surface area contributed by atoms with Crippen LogP contribution >= 0.6 is 0 Å². The molecule has 5 nitrogen and oxygen atoms in total. The van der Waals surface area contributed by atoms with Gasteiger partial charge in [0.05, 0.1) is 18.0 Å². The van der Waals surface area contributed by atoms with E-state index in [1.807, 2.05) is 53.1 Å². The Morgan fingerprint density at radius 1 is 1.04 bits per heavy atom. The fraction of sp³-hybridized carbons (Fsp3) is 0.381. The first-order valence-corrected chi connectivity index (χ1v) is 8.97. The van der Waals surface area contributed by atoms with Crippen LogP contribution in [0.15, 0.2) is 58.9 Å². The van der Waals surface area contributed by atoms with Crippen LogP contribution in [0.1, 0.15) is 40.3 Å². The van der Waals surface area contributed by atoms with Crippen LogP contribution in [0.2, 0.25) is 0 Å². The first kappa shape index (κ1) is 18.1. The maximum atomic E-state index is 5.71. The summed E-state index contributed by atoms with van der Waals surface area (Å²) in [7, 11) is 0. The fourth-order valence-electron chi connectivity index (χ4n) is 2.56. The number of azo groups is 1. The molecule has 1 aromatic carbocycles. The van der Waals surface area contributed by atoms with Crippen LogP contribution in [-0.2, 0) is 5.41 Å². The zero-order valence-electron chi connectivity index (χ0n) is 16.1. The van der Waals surface area contributed by atoms with Crippen LogP contribution in [0.5, 0.6) is 5.75 Å². The number of nitrogens with zero attached hydrogens (tertiary/aromatic N) is 4. The van der Waals surface area contributed by atoms with Crippen LogP contribution in [-0.4, -0.2) is 16.0 Å². The Bertz CT molecular complexity index is 902. The van der Waals surface area contributed by atoms with Gasteiger partial charge in [0.2, 0.25) is 0 Å². The Morgan fingerprint density at radius 3 is 2.42 bits per heavy atom. The molecule has 0 bridgehead atoms. The van der Waals surface area contributed by atoms with E-state index in [9.17, 15) is 0 Å². The number of fused-ring (bicyclic) bond motifs is 1. The van der Waals surface area contributed by atoms with Gasteiger partial charge in [-0.1, -0.05) is 40.7 Å². The van der Waals surface area contributed by atoms with Gasteiger partial charge in [-0.15, -0.1) is 10.2 Å². The largest absolute Gasteiger partial charge is 0.493 e. The number of imidazole rings is 1. The highest BCUT2D eigenvalue weighted by Crippen LogP contribution is 2.33. The van der Waals surface area contributed by atoms with Crippen LogP contribution in [0, 0.1) is 5.92 Å². The Hall–Kier alpha value is -2.69. The quantitative estimate of drug-likeness (QED) is 0.523. The number of hydrogen-bond acceptors (Lipinski definition) is 4. The minimum atomic E-state index is -0.116. The minimum absolute atomic E-state index is 0.116. The van der Waals surface area contributed by atoms with Crippen molar-refractivity contribution in [1.82, 2.24) is 9.38 Å². The average molecular weight is 350 g/mol. The van der Waals surface area contributed by atoms with Gasteiger partial charge in [0.1, 0.15) is 11.4 Å². The maximum Gasteiger partial charge on any atom is 0.183 e. The molecule has 0 amide bonds. The molecular formula is C21H26N4O. The predicted molar refractivity (Wildman–Crippen MR) is 105 cm³/mol. The molecule has 0 aliphatic rings. The molecule has 0 saturated carbocycles. The molecule has 5 heteroatoms. The zero-order valence-corrected chi connectivity index (χ0v) is 16.1. The third-order valence-electron chi connectivity index (χ3n) is 3.90. The summed E-state index contributed by atoms with van der Waals surface area (Å²) in [6.07, 6.45) is 1.97. The van der Waals surface area contributed by atoms with Crippen LogP contribution in [0.4, 0.5) is 11.5 Å². The molecule has 0 aliphatic carbocycles. The lowest BCUT2D eigenvalue weighted by molar-refractivity contribution is 0.271. The van der Waals surface area contributed by atoms with Gasteiger partial charge >= 0.3 is 0 Å². The van der Waals surface area contributed by atoms with Gasteiger partial charge in [0.15, 0.2) is 5.82 Å². The summed E-state index contributed by atoms with van der Waals surface area (Å²) < 4.78 is 7.68. The zero-order chi connectivity index (χ0) is 18.7. The number of pyridine rings is 1. The van der Waals surface area contributed by atoms with Crippen molar-refractivity contribution < 1.29 is 4.74 Å². The lowest BCUT2D eigenvalue weighted by atomic mass is 9.92. The van der Waals surface area contributed by atoms with Crippen molar-refractivity contribution in [3.63, 3.8) is 0 Å². The Kier molecular flexibility index (Phi) is 5.07. The third kappa shape index (κ3) is 4.10. The summed E-state index contributed by atoms with van der Waals surface area (Å²) in [4.78, 5) is 4.74. The van der Waals surface area contributed by atoms with E-state index < -0.39 is 0 Å². The monoisotopic (exact) mass is 350 g/mol. The molecule has 0 saturated heterocycles. The smallest absolute Gasteiger partial charge is 0.183 e. The molecule has 0 fully saturated rings. The summed E-state index contributed by atoms with van der Waals surface area (Å²) in [6, 6.07) is 13.6. The lowest BCUT2D eigenvalue weighted by Gasteiger charge is -2.15. The van der Waals surface area contributed by atoms with E-state index in [4.69, 9.17) is 9.72 Å². The standard InChI is InChI=1S/C21H26N4O/c1-15(2)14-26-17-11-9-16(10-12-17)23-24-20-19(21(3,4)5)22-18-8-6-7-13-25(18)20/h6-13,15H,14H2,1-5H3. The molecule has 0 N–H and O–H groups in total. The molecule has 26 heavy (non-hydrogen) atoms. The van der Waals surface area contributed by atoms with E-state index in [0.717, 1.165) is 28.6 Å². The normalized spacial score (nSPS) is 12.4. The first-order valence-electron chi connectivity index (χ1n) is 8.97. The molecule has 3 aromatic rings. The van der Waals surface area contributed by atoms with Gasteiger partial charge in [-0.2, -0.15) is 0 Å². The molecule has 2 heterocycles. The van der Waals surface area contributed by atoms with Gasteiger partial charge in [0, 0.05) is 11.6 Å². The topological polar surface area (TPSA) is 51.2 Å². The molecule has 0 aliphatic heterocycles. The molecule has 0 unspecified atom stereocenters. The second kappa shape index (κ2) is 7.28. The van der Waals surface area contributed by atoms with Gasteiger partial charge < -0.3 is 4.74 Å². The van der Waals surface area contributed by atoms with Crippen molar-refractivity contribution in [2.45, 2.75) is 40.0 Å². The molecule has 0 atom stereocenters. The van der Waals surface area contributed by atoms with E-state index in [1.165, 1.54) is 0 Å². The van der Waals surface area contributed by atoms with Crippen LogP contribution in [0.3, 0.4) is 0 Å². The SMILES string of the molecule is CC(C)COc1ccc(N=Nc2c(C(C)(C)C)nc3ccccn23)cc1. The van der Waals surface area contributed by atoms with Crippen molar-refractivity contribution in [3.05, 3.63) is 54.4 Å². The second-order valence-corrected chi connectivity index (χ2v) is 7.86. The van der Waals surface area contributed by atoms with Crippen molar-refractivity contribution in [3.8, 4) is 5.75 Å². The van der Waals surface area contributed by atoms with Crippen LogP contribution < -0.4 is 4.74 Å². The van der Waals surface area contributed by atoms with E-state index in [0.29, 0.717) is 12.5 Å². The molecule has 3 rings (SSSR count). The number of aromatic nitrogens is 2. The summed E-state index contributed by atoms with van der Waals surface area (Å²) >= 11 is 0. The number of benzene rings is 1. The van der Waals surface area contributed by atoms with E-state index in [2.05, 4.69) is 44.8 Å². The van der Waals surface area contributed by atoms with Gasteiger partial charge in [-0.05, 0) is 42.3 Å². The van der Waals surface area contributed by atoms with Crippen molar-refractivity contribution in [1.29, 1.82) is 0 Å². The molecule has 0 radical (unpaired) electrons. The number of hydrogen-bond donors (Lipinski definition) is 0. The highest BCUT2D eigenvalue weighted by atomic mass is 16.5. The summed E-state index contributed by atoms with van der Waals surface area (Å²) in [5.41, 5.74) is 2.48. The average Bonchev–Trinajstić information content (AvgIpc) is 2.98. The molecule has 2 aromatic heterocycles. The van der Waals surface area contributed by atoms with Gasteiger partial charge in [0.25, 0.3) is 0 Å². The Balaban J connectivity index is 1.88. The first-order chi connectivity index (χ1) is 12.3. The van der Waals surface area contributed by atoms with Gasteiger partial charge in [-0.3, -0.25) is 4.40 Å². The van der Waals surface area contributed by atoms with Crippen molar-refractivity contribution in [2.75, 3.05) is 6.61 Å². The summed E-state index contributed by atoms with van der Waals surface area (Å²) in [5, 5.41) is 8.94. The highest BCUT2D eigenvalue weighted by Gasteiger charge is 2.23. The van der Waals surface area contributed by atoms with Crippen molar-refractivity contribution in [2.24, 2.45) is 16.1 Å². The van der Waals surface area contributed by atoms with Crippen molar-refractivity contribution >= 4 is 17.2 Å². The number of ether oxygens (including phenoxy) is 1. The lowest BCUT2D eigenvalue weighted by Crippen LogP contribution is -2.11. The summed E-state index contributed by atoms with van der Waals surface area (Å²) in [6.45, 7) is 11.4. The van der Waals surface area contributed by atoms with E-state index in [1.54, 1.807) is 0 Å². The van der Waals surface area contributed by atoms with Crippen LogP contribution in [0.25, 0.3) is 5.65 Å². The third-order valence-corrected chi connectivity index (χ3v) is 3.90. The number of rotatable bonds is 5. The van der Waals surface area contributed by atoms with Gasteiger partial charge in [-0.25, -0.2) is 4.98 Å². The highest BCUT2D eigenvalue weighted by molar-refractivity contribution is 5.54. The maximum absolute atomic E-state index is 5.71. The summed E-state index contributed by atoms with van der Waals surface area (Å²) in [5.74, 6) is 2.12. The van der Waals surface area contributed by atoms with E-state index in [-0.39, 0.29) is 5.41 Å². The molecule has 136 valence electrons. The molecular weight excluding hydrogens is 324 g/mol. The van der Waals surface area contributed by atoms with E-state index >= 15 is 0 Å². The Labute approximate surface area is 154 Å². The predicted octanol–water partition coefficient (Wildman–Crippen LogP) is 6.08. The second-order valence-electron chi connectivity index (χ2n) is 7.86. The Morgan fingerprint density at radius 2 is 1.77 bits per heavy atom. The molecule has 0 spiro atoms. The minimum Gasteiger partial charge on any atom is -0.493 e. The fourth-order valence-corrected chi connectivity index (χ4v) is 2.56.